The number of aromatic hydroxyl groups is 1. The first-order valence-electron chi connectivity index (χ1n) is 9.55. The Morgan fingerprint density at radius 2 is 1.62 bits per heavy atom. The molecular weight excluding hydrogens is 408 g/mol. The molecular formula is C21H30N2O4S2. The van der Waals surface area contributed by atoms with E-state index in [1.165, 1.54) is 0 Å². The maximum atomic E-state index is 12.3. The van der Waals surface area contributed by atoms with E-state index in [9.17, 15) is 18.3 Å². The Labute approximate surface area is 177 Å². The molecule has 160 valence electrons. The fourth-order valence-corrected chi connectivity index (χ4v) is 5.02. The number of hydrogen-bond acceptors (Lipinski definition) is 5. The van der Waals surface area contributed by atoms with Gasteiger partial charge in [0.1, 0.15) is 5.75 Å². The van der Waals surface area contributed by atoms with Crippen LogP contribution >= 0.6 is 11.8 Å². The lowest BCUT2D eigenvalue weighted by Gasteiger charge is -2.28. The molecule has 0 atom stereocenters. The van der Waals surface area contributed by atoms with Gasteiger partial charge in [-0.05, 0) is 52.8 Å². The molecule has 1 aromatic rings. The highest BCUT2D eigenvalue weighted by Crippen LogP contribution is 2.40. The van der Waals surface area contributed by atoms with Crippen molar-refractivity contribution < 1.29 is 18.3 Å². The second kappa shape index (κ2) is 8.14. The van der Waals surface area contributed by atoms with Gasteiger partial charge in [0.15, 0.2) is 5.17 Å². The van der Waals surface area contributed by atoms with Crippen molar-refractivity contribution in [2.75, 3.05) is 5.75 Å². The Kier molecular flexibility index (Phi) is 6.59. The fraction of sp³-hybridized carbons (Fsp3) is 0.524. The monoisotopic (exact) mass is 438 g/mol. The van der Waals surface area contributed by atoms with Crippen LogP contribution in [0.2, 0.25) is 0 Å². The molecule has 0 spiro atoms. The average molecular weight is 439 g/mol. The average Bonchev–Trinajstić information content (AvgIpc) is 2.85. The largest absolute Gasteiger partial charge is 0.507 e. The van der Waals surface area contributed by atoms with Crippen molar-refractivity contribution in [3.63, 3.8) is 0 Å². The van der Waals surface area contributed by atoms with E-state index in [4.69, 9.17) is 0 Å². The highest BCUT2D eigenvalue weighted by molar-refractivity contribution is 8.19. The normalized spacial score (nSPS) is 18.5. The number of phenolic OH excluding ortho intramolecular Hbond substituents is 1. The minimum absolute atomic E-state index is 0.0617. The van der Waals surface area contributed by atoms with Crippen molar-refractivity contribution in [2.24, 2.45) is 4.40 Å². The van der Waals surface area contributed by atoms with E-state index < -0.39 is 10.0 Å². The van der Waals surface area contributed by atoms with Crippen LogP contribution in [0.25, 0.3) is 6.08 Å². The van der Waals surface area contributed by atoms with Gasteiger partial charge in [-0.3, -0.25) is 10.1 Å². The summed E-state index contributed by atoms with van der Waals surface area (Å²) in [7, 11) is -3.60. The minimum Gasteiger partial charge on any atom is -0.507 e. The van der Waals surface area contributed by atoms with E-state index in [1.54, 1.807) is 13.0 Å². The number of benzene rings is 1. The van der Waals surface area contributed by atoms with Crippen LogP contribution in [0.1, 0.15) is 71.6 Å². The molecule has 0 aliphatic carbocycles. The topological polar surface area (TPSA) is 95.8 Å². The third kappa shape index (κ3) is 5.85. The summed E-state index contributed by atoms with van der Waals surface area (Å²) in [4.78, 5) is 12.7. The van der Waals surface area contributed by atoms with Crippen LogP contribution in [0.3, 0.4) is 0 Å². The lowest BCUT2D eigenvalue weighted by Crippen LogP contribution is -2.21. The van der Waals surface area contributed by atoms with E-state index in [0.717, 1.165) is 28.5 Å². The molecule has 0 saturated carbocycles. The van der Waals surface area contributed by atoms with E-state index in [0.29, 0.717) is 11.3 Å². The van der Waals surface area contributed by atoms with E-state index in [2.05, 4.69) is 9.71 Å². The van der Waals surface area contributed by atoms with Gasteiger partial charge in [-0.2, -0.15) is 0 Å². The Bertz CT molecular complexity index is 944. The van der Waals surface area contributed by atoms with Crippen LogP contribution in [0.15, 0.2) is 21.4 Å². The summed E-state index contributed by atoms with van der Waals surface area (Å²) in [5.74, 6) is -0.180. The van der Waals surface area contributed by atoms with Gasteiger partial charge in [0.2, 0.25) is 0 Å². The first-order chi connectivity index (χ1) is 13.1. The first-order valence-corrected chi connectivity index (χ1v) is 12.0. The molecule has 2 rings (SSSR count). The van der Waals surface area contributed by atoms with E-state index in [1.807, 2.05) is 53.7 Å². The number of sulfonamides is 1. The maximum Gasteiger partial charge on any atom is 0.264 e. The lowest BCUT2D eigenvalue weighted by molar-refractivity contribution is -0.115. The first kappa shape index (κ1) is 23.5. The number of amides is 1. The van der Waals surface area contributed by atoms with Gasteiger partial charge < -0.3 is 5.11 Å². The highest BCUT2D eigenvalue weighted by atomic mass is 32.2. The van der Waals surface area contributed by atoms with Gasteiger partial charge in [-0.1, -0.05) is 48.5 Å². The van der Waals surface area contributed by atoms with Crippen LogP contribution in [0.5, 0.6) is 5.75 Å². The van der Waals surface area contributed by atoms with Gasteiger partial charge in [0.05, 0.1) is 10.7 Å². The molecule has 1 aromatic carbocycles. The summed E-state index contributed by atoms with van der Waals surface area (Å²) >= 11 is 1.01. The van der Waals surface area contributed by atoms with E-state index >= 15 is 0 Å². The molecule has 1 heterocycles. The van der Waals surface area contributed by atoms with E-state index in [-0.39, 0.29) is 33.4 Å². The zero-order valence-electron chi connectivity index (χ0n) is 18.1. The van der Waals surface area contributed by atoms with Crippen molar-refractivity contribution in [1.82, 2.24) is 5.32 Å². The number of hydrogen-bond donors (Lipinski definition) is 2. The molecule has 0 aromatic heterocycles. The quantitative estimate of drug-likeness (QED) is 0.684. The molecule has 0 bridgehead atoms. The molecule has 1 amide bonds. The Morgan fingerprint density at radius 3 is 2.07 bits per heavy atom. The van der Waals surface area contributed by atoms with Gasteiger partial charge in [0, 0.05) is 11.1 Å². The molecule has 0 radical (unpaired) electrons. The van der Waals surface area contributed by atoms with Crippen LogP contribution in [-0.4, -0.2) is 30.4 Å². The molecule has 1 aliphatic rings. The van der Waals surface area contributed by atoms with Crippen LogP contribution < -0.4 is 5.32 Å². The number of carbonyl (C=O) groups excluding carboxylic acids is 1. The number of thioether (sulfide) groups is 1. The molecule has 1 fully saturated rings. The molecule has 1 saturated heterocycles. The Balaban J connectivity index is 2.52. The summed E-state index contributed by atoms with van der Waals surface area (Å²) in [5, 5.41) is 13.4. The summed E-state index contributed by atoms with van der Waals surface area (Å²) in [6.07, 6.45) is 2.16. The molecule has 8 heteroatoms. The third-order valence-corrected chi connectivity index (χ3v) is 6.79. The smallest absolute Gasteiger partial charge is 0.264 e. The van der Waals surface area contributed by atoms with Crippen molar-refractivity contribution in [3.8, 4) is 5.75 Å². The molecule has 6 nitrogen and oxygen atoms in total. The lowest BCUT2D eigenvalue weighted by atomic mass is 9.78. The van der Waals surface area contributed by atoms with Gasteiger partial charge in [-0.15, -0.1) is 4.40 Å². The van der Waals surface area contributed by atoms with Gasteiger partial charge >= 0.3 is 0 Å². The zero-order chi connectivity index (χ0) is 22.2. The number of phenols is 1. The van der Waals surface area contributed by atoms with Crippen molar-refractivity contribution in [2.45, 2.75) is 65.7 Å². The maximum absolute atomic E-state index is 12.3. The summed E-state index contributed by atoms with van der Waals surface area (Å²) < 4.78 is 27.5. The van der Waals surface area contributed by atoms with Crippen molar-refractivity contribution in [3.05, 3.63) is 33.7 Å². The number of carbonyl (C=O) groups is 1. The third-order valence-electron chi connectivity index (χ3n) is 4.38. The molecule has 2 N–H and O–H groups in total. The number of nitrogens with zero attached hydrogens (tertiary/aromatic N) is 1. The second-order valence-corrected chi connectivity index (χ2v) is 12.0. The highest BCUT2D eigenvalue weighted by Gasteiger charge is 2.28. The summed E-state index contributed by atoms with van der Waals surface area (Å²) in [5.41, 5.74) is 1.78. The predicted molar refractivity (Wildman–Crippen MR) is 121 cm³/mol. The van der Waals surface area contributed by atoms with Crippen LogP contribution in [-0.2, 0) is 25.6 Å². The van der Waals surface area contributed by atoms with Crippen molar-refractivity contribution >= 4 is 38.9 Å². The number of rotatable bonds is 4. The fourth-order valence-electron chi connectivity index (χ4n) is 2.94. The van der Waals surface area contributed by atoms with Crippen molar-refractivity contribution in [1.29, 1.82) is 0 Å². The number of nitrogens with one attached hydrogen (secondary N) is 1. The molecule has 29 heavy (non-hydrogen) atoms. The minimum atomic E-state index is -3.60. The van der Waals surface area contributed by atoms with Crippen LogP contribution in [0, 0.1) is 0 Å². The SMILES string of the molecule is CCCS(=O)(=O)/N=C1/NC(=O)C(=Cc2cc(C(C)(C)C)c(O)c(C(C)(C)C)c2)S1. The Morgan fingerprint density at radius 1 is 1.10 bits per heavy atom. The van der Waals surface area contributed by atoms with Gasteiger partial charge in [-0.25, -0.2) is 8.42 Å². The predicted octanol–water partition coefficient (Wildman–Crippen LogP) is 4.29. The zero-order valence-corrected chi connectivity index (χ0v) is 19.7. The second-order valence-electron chi connectivity index (χ2n) is 9.21. The molecule has 1 aliphatic heterocycles. The summed E-state index contributed by atoms with van der Waals surface area (Å²) in [6, 6.07) is 3.74. The number of amidine groups is 1. The van der Waals surface area contributed by atoms with Crippen LogP contribution in [0.4, 0.5) is 0 Å². The van der Waals surface area contributed by atoms with Gasteiger partial charge in [0.25, 0.3) is 15.9 Å². The molecule has 0 unspecified atom stereocenters. The standard InChI is InChI=1S/C21H30N2O4S2/c1-8-9-29(26,27)23-19-22-18(25)16(28-19)12-13-10-14(20(2,3)4)17(24)15(11-13)21(5,6)7/h10-12,24H,8-9H2,1-7H3,(H,22,23,25). The summed E-state index contributed by atoms with van der Waals surface area (Å²) in [6.45, 7) is 13.9. The Hall–Kier alpha value is -1.80.